The van der Waals surface area contributed by atoms with Crippen molar-refractivity contribution in [1.82, 2.24) is 9.97 Å². The molecule has 0 fully saturated rings. The normalized spacial score (nSPS) is 10.1. The third-order valence-corrected chi connectivity index (χ3v) is 4.79. The van der Waals surface area contributed by atoms with Crippen LogP contribution in [0.2, 0.25) is 0 Å². The number of carboxylic acid groups (broad SMARTS) is 2. The maximum absolute atomic E-state index is 8.56. The van der Waals surface area contributed by atoms with E-state index in [-0.39, 0.29) is 68.9 Å². The standard InChI is InChI=1S/C24H16N2.CH2O3.Cs.H/c1-3-7-17(8-4-1)19-13-15-25-23-21(19)11-12-22-20(14-16-26-24(22)23)18-9-5-2-6-10-18;2-1(3)4;;/h1-16H;(H2,2,3,4);;. The second-order valence-electron chi connectivity index (χ2n) is 6.59. The first-order valence-corrected chi connectivity index (χ1v) is 9.34. The van der Waals surface area contributed by atoms with Gasteiger partial charge < -0.3 is 10.2 Å². The molecule has 0 radical (unpaired) electrons. The van der Waals surface area contributed by atoms with E-state index in [2.05, 4.69) is 82.8 Å². The van der Waals surface area contributed by atoms with E-state index in [1.165, 1.54) is 22.3 Å². The summed E-state index contributed by atoms with van der Waals surface area (Å²) in [6.45, 7) is 0. The van der Waals surface area contributed by atoms with Crippen molar-refractivity contribution in [3.05, 3.63) is 97.3 Å². The molecule has 2 aromatic heterocycles. The van der Waals surface area contributed by atoms with Gasteiger partial charge in [0.15, 0.2) is 0 Å². The molecule has 5 nitrogen and oxygen atoms in total. The van der Waals surface area contributed by atoms with Gasteiger partial charge in [0, 0.05) is 23.2 Å². The molecule has 5 rings (SSSR count). The van der Waals surface area contributed by atoms with E-state index in [0.717, 1.165) is 21.8 Å². The second kappa shape index (κ2) is 10.9. The first-order chi connectivity index (χ1) is 14.6. The molecule has 0 bridgehead atoms. The summed E-state index contributed by atoms with van der Waals surface area (Å²) in [5.74, 6) is 0. The van der Waals surface area contributed by atoms with Crippen LogP contribution in [0.4, 0.5) is 4.79 Å². The van der Waals surface area contributed by atoms with Crippen LogP contribution in [-0.2, 0) is 0 Å². The Morgan fingerprint density at radius 3 is 1.29 bits per heavy atom. The second-order valence-corrected chi connectivity index (χ2v) is 6.59. The number of carbonyl (C=O) groups is 1. The van der Waals surface area contributed by atoms with Gasteiger partial charge in [0.1, 0.15) is 0 Å². The van der Waals surface area contributed by atoms with E-state index < -0.39 is 6.16 Å². The summed E-state index contributed by atoms with van der Waals surface area (Å²) in [5, 5.41) is 16.2. The Bertz CT molecular complexity index is 1220. The SMILES string of the molecule is O=C(O)O.[CsH].c1ccc(-c2ccnc3c2ccc2c(-c4ccccc4)ccnc23)cc1. The molecule has 0 amide bonds. The first-order valence-electron chi connectivity index (χ1n) is 9.34. The molecular weight excluding hydrogens is 509 g/mol. The molecule has 3 aromatic carbocycles. The van der Waals surface area contributed by atoms with Crippen LogP contribution >= 0.6 is 0 Å². The Kier molecular flexibility index (Phi) is 8.25. The van der Waals surface area contributed by atoms with Crippen molar-refractivity contribution in [2.75, 3.05) is 0 Å². The number of hydrogen-bond donors (Lipinski definition) is 2. The van der Waals surface area contributed by atoms with E-state index in [9.17, 15) is 0 Å². The average molecular weight is 528 g/mol. The van der Waals surface area contributed by atoms with Gasteiger partial charge in [-0.1, -0.05) is 72.8 Å². The molecule has 0 atom stereocenters. The number of fused-ring (bicyclic) bond motifs is 3. The minimum atomic E-state index is -1.83. The van der Waals surface area contributed by atoms with Crippen molar-refractivity contribution in [3.63, 3.8) is 0 Å². The summed E-state index contributed by atoms with van der Waals surface area (Å²) in [4.78, 5) is 17.9. The summed E-state index contributed by atoms with van der Waals surface area (Å²) in [5.41, 5.74) is 6.65. The molecule has 6 heteroatoms. The zero-order valence-electron chi connectivity index (χ0n) is 15.9. The van der Waals surface area contributed by atoms with E-state index in [0.29, 0.717) is 0 Å². The number of rotatable bonds is 2. The molecule has 31 heavy (non-hydrogen) atoms. The molecule has 0 unspecified atom stereocenters. The number of hydrogen-bond acceptors (Lipinski definition) is 3. The van der Waals surface area contributed by atoms with Crippen molar-refractivity contribution < 1.29 is 15.0 Å². The Labute approximate surface area is 238 Å². The molecule has 0 aliphatic heterocycles. The van der Waals surface area contributed by atoms with Crippen LogP contribution in [0.15, 0.2) is 97.3 Å². The van der Waals surface area contributed by atoms with Gasteiger partial charge in [0.2, 0.25) is 0 Å². The number of nitrogens with zero attached hydrogens (tertiary/aromatic N) is 2. The number of pyridine rings is 2. The molecule has 148 valence electrons. The molecule has 2 N–H and O–H groups in total. The zero-order chi connectivity index (χ0) is 20.9. The maximum Gasteiger partial charge on any atom is 0.0970 e. The minimum Gasteiger partial charge on any atom is -0.254 e. The van der Waals surface area contributed by atoms with Crippen LogP contribution in [0.5, 0.6) is 0 Å². The monoisotopic (exact) mass is 528 g/mol. The summed E-state index contributed by atoms with van der Waals surface area (Å²) in [6, 6.07) is 29.3. The van der Waals surface area contributed by atoms with Gasteiger partial charge in [-0.15, -0.1) is 0 Å². The Morgan fingerprint density at radius 1 is 0.581 bits per heavy atom. The predicted molar refractivity (Wildman–Crippen MR) is 126 cm³/mol. The van der Waals surface area contributed by atoms with Gasteiger partial charge in [0.05, 0.1) is 11.0 Å². The van der Waals surface area contributed by atoms with Crippen LogP contribution in [0.25, 0.3) is 44.1 Å². The smallest absolute Gasteiger partial charge is 0.0970 e. The van der Waals surface area contributed by atoms with Crippen molar-refractivity contribution in [2.45, 2.75) is 0 Å². The first kappa shape index (κ1) is 23.5. The van der Waals surface area contributed by atoms with Gasteiger partial charge in [-0.2, -0.15) is 0 Å². The fourth-order valence-corrected chi connectivity index (χ4v) is 3.57. The van der Waals surface area contributed by atoms with Gasteiger partial charge in [0.25, 0.3) is 0 Å². The predicted octanol–water partition coefficient (Wildman–Crippen LogP) is 5.69. The Hall–Kier alpha value is -2.20. The topological polar surface area (TPSA) is 83.3 Å². The van der Waals surface area contributed by atoms with E-state index in [4.69, 9.17) is 15.0 Å². The molecule has 0 spiro atoms. The van der Waals surface area contributed by atoms with Gasteiger partial charge in [-0.05, 0) is 34.4 Å². The van der Waals surface area contributed by atoms with Crippen LogP contribution in [0.3, 0.4) is 0 Å². The van der Waals surface area contributed by atoms with Crippen LogP contribution in [0.1, 0.15) is 0 Å². The number of benzene rings is 3. The van der Waals surface area contributed by atoms with Crippen molar-refractivity contribution in [3.8, 4) is 22.3 Å². The Morgan fingerprint density at radius 2 is 0.935 bits per heavy atom. The number of aromatic nitrogens is 2. The minimum absolute atomic E-state index is 0. The van der Waals surface area contributed by atoms with Crippen LogP contribution < -0.4 is 0 Å². The summed E-state index contributed by atoms with van der Waals surface area (Å²) in [6.07, 6.45) is 1.92. The van der Waals surface area contributed by atoms with Gasteiger partial charge in [-0.25, -0.2) is 4.79 Å². The molecule has 0 aliphatic carbocycles. The third kappa shape index (κ3) is 5.35. The van der Waals surface area contributed by atoms with Crippen molar-refractivity contribution in [2.24, 2.45) is 0 Å². The van der Waals surface area contributed by atoms with E-state index in [1.54, 1.807) is 0 Å². The molecule has 5 aromatic rings. The molecule has 0 saturated heterocycles. The van der Waals surface area contributed by atoms with Crippen molar-refractivity contribution >= 4 is 96.9 Å². The maximum atomic E-state index is 8.56. The molecule has 0 aliphatic rings. The largest absolute Gasteiger partial charge is 0.254 e. The van der Waals surface area contributed by atoms with Gasteiger partial charge in [-0.3, -0.25) is 9.97 Å². The fourth-order valence-electron chi connectivity index (χ4n) is 3.57. The zero-order valence-corrected chi connectivity index (χ0v) is 15.9. The average Bonchev–Trinajstić information content (AvgIpc) is 2.79. The molecule has 0 saturated carbocycles. The fraction of sp³-hybridized carbons (Fsp3) is 0. The van der Waals surface area contributed by atoms with Crippen LogP contribution in [0, 0.1) is 0 Å². The quantitative estimate of drug-likeness (QED) is 0.288. The Balaban J connectivity index is 0.000000504. The molecular formula is C25H19CsN2O3. The summed E-state index contributed by atoms with van der Waals surface area (Å²) < 4.78 is 0. The van der Waals surface area contributed by atoms with Gasteiger partial charge >= 0.3 is 75.0 Å². The van der Waals surface area contributed by atoms with E-state index >= 15 is 0 Å². The van der Waals surface area contributed by atoms with E-state index in [1.807, 2.05) is 24.5 Å². The summed E-state index contributed by atoms with van der Waals surface area (Å²) in [7, 11) is 0. The van der Waals surface area contributed by atoms with Crippen molar-refractivity contribution in [1.29, 1.82) is 0 Å². The third-order valence-electron chi connectivity index (χ3n) is 4.79. The van der Waals surface area contributed by atoms with Crippen LogP contribution in [-0.4, -0.2) is 95.2 Å². The summed E-state index contributed by atoms with van der Waals surface area (Å²) >= 11 is 0. The molecule has 2 heterocycles.